The summed E-state index contributed by atoms with van der Waals surface area (Å²) in [7, 11) is 0. The fourth-order valence-corrected chi connectivity index (χ4v) is 7.23. The van der Waals surface area contributed by atoms with Gasteiger partial charge in [-0.25, -0.2) is 0 Å². The van der Waals surface area contributed by atoms with Crippen LogP contribution in [0.2, 0.25) is 0 Å². The van der Waals surface area contributed by atoms with E-state index >= 15 is 0 Å². The second-order valence-electron chi connectivity index (χ2n) is 13.4. The van der Waals surface area contributed by atoms with E-state index in [9.17, 15) is 25.5 Å². The summed E-state index contributed by atoms with van der Waals surface area (Å²) in [6.45, 7) is 7.88. The Morgan fingerprint density at radius 2 is 0.878 bits per heavy atom. The topological polar surface area (TPSA) is 101 Å². The van der Waals surface area contributed by atoms with Crippen molar-refractivity contribution >= 4 is 12.2 Å². The van der Waals surface area contributed by atoms with Crippen LogP contribution in [-0.2, 0) is 25.7 Å². The highest BCUT2D eigenvalue weighted by Crippen LogP contribution is 2.41. The molecule has 49 heavy (non-hydrogen) atoms. The molecule has 5 N–H and O–H groups in total. The van der Waals surface area contributed by atoms with Gasteiger partial charge >= 0.3 is 0 Å². The number of rotatable bonds is 11. The van der Waals surface area contributed by atoms with Gasteiger partial charge in [-0.1, -0.05) is 93.1 Å². The van der Waals surface area contributed by atoms with Crippen molar-refractivity contribution < 1.29 is 25.5 Å². The average molecular weight is 653 g/mol. The van der Waals surface area contributed by atoms with Crippen LogP contribution in [0.15, 0.2) is 98.1 Å². The van der Waals surface area contributed by atoms with E-state index in [4.69, 9.17) is 0 Å². The summed E-state index contributed by atoms with van der Waals surface area (Å²) >= 11 is 0. The van der Waals surface area contributed by atoms with Gasteiger partial charge in [0.05, 0.1) is 0 Å². The second-order valence-corrected chi connectivity index (χ2v) is 13.4. The summed E-state index contributed by atoms with van der Waals surface area (Å²) < 4.78 is 0. The molecular weight excluding hydrogens is 608 g/mol. The van der Waals surface area contributed by atoms with Gasteiger partial charge in [0.2, 0.25) is 0 Å². The Hall–Kier alpha value is -5.42. The number of hydrogen-bond acceptors (Lipinski definition) is 5. The minimum Gasteiger partial charge on any atom is -0.508 e. The van der Waals surface area contributed by atoms with E-state index in [1.807, 2.05) is 48.5 Å². The Balaban J connectivity index is 1.37. The third kappa shape index (κ3) is 7.84. The first-order valence-electron chi connectivity index (χ1n) is 17.1. The van der Waals surface area contributed by atoms with Crippen LogP contribution in [0.1, 0.15) is 99.2 Å². The molecule has 1 aliphatic carbocycles. The van der Waals surface area contributed by atoms with Crippen molar-refractivity contribution in [3.8, 4) is 28.7 Å². The van der Waals surface area contributed by atoms with Crippen molar-refractivity contribution in [1.82, 2.24) is 0 Å². The maximum Gasteiger partial charge on any atom is 0.126 e. The third-order valence-electron chi connectivity index (χ3n) is 9.78. The van der Waals surface area contributed by atoms with Crippen LogP contribution in [0.25, 0.3) is 12.2 Å². The smallest absolute Gasteiger partial charge is 0.126 e. The second kappa shape index (κ2) is 14.8. The van der Waals surface area contributed by atoms with E-state index in [1.54, 1.807) is 36.4 Å². The summed E-state index contributed by atoms with van der Waals surface area (Å²) in [5, 5.41) is 53.4. The van der Waals surface area contributed by atoms with Gasteiger partial charge in [0.1, 0.15) is 28.7 Å². The van der Waals surface area contributed by atoms with Gasteiger partial charge in [-0.3, -0.25) is 0 Å². The molecule has 5 aromatic carbocycles. The number of benzene rings is 5. The highest BCUT2D eigenvalue weighted by molar-refractivity contribution is 5.62. The van der Waals surface area contributed by atoms with E-state index in [0.29, 0.717) is 42.6 Å². The van der Waals surface area contributed by atoms with Crippen LogP contribution in [0.4, 0.5) is 0 Å². The van der Waals surface area contributed by atoms with E-state index in [-0.39, 0.29) is 28.9 Å². The van der Waals surface area contributed by atoms with Gasteiger partial charge in [-0.2, -0.15) is 0 Å². The number of phenolic OH excluding ortho intramolecular Hbond substituents is 5. The molecule has 1 aliphatic rings. The van der Waals surface area contributed by atoms with Crippen molar-refractivity contribution in [3.63, 3.8) is 0 Å². The lowest BCUT2D eigenvalue weighted by atomic mass is 9.81. The van der Waals surface area contributed by atoms with Gasteiger partial charge in [0.25, 0.3) is 0 Å². The molecule has 0 saturated heterocycles. The molecule has 1 saturated carbocycles. The first-order valence-corrected chi connectivity index (χ1v) is 17.1. The minimum absolute atomic E-state index is 0.182. The molecule has 0 unspecified atom stereocenters. The van der Waals surface area contributed by atoms with Crippen LogP contribution < -0.4 is 0 Å². The molecule has 0 heterocycles. The van der Waals surface area contributed by atoms with Crippen LogP contribution in [-0.4, -0.2) is 25.5 Å². The van der Waals surface area contributed by atoms with Gasteiger partial charge in [0.15, 0.2) is 0 Å². The normalized spacial score (nSPS) is 13.3. The van der Waals surface area contributed by atoms with Crippen molar-refractivity contribution in [2.75, 3.05) is 0 Å². The van der Waals surface area contributed by atoms with Crippen LogP contribution in [0, 0.1) is 0 Å². The van der Waals surface area contributed by atoms with Gasteiger partial charge in [-0.15, -0.1) is 0 Å². The maximum atomic E-state index is 11.8. The predicted octanol–water partition coefficient (Wildman–Crippen LogP) is 9.91. The zero-order valence-electron chi connectivity index (χ0n) is 27.8. The predicted molar refractivity (Wildman–Crippen MR) is 198 cm³/mol. The molecule has 0 aliphatic heterocycles. The standard InChI is InChI=1S/C44H44O5/c1-3-33-21-30(23-36(42(33)47)19-28-10-14-39(45)15-11-28)18-31-24-38(44(49)41(27-31)35-8-6-5-7-9-35)26-32-22-34(4-2)43(48)37(25-32)20-29-12-16-40(46)17-13-29/h3-4,10-17,21-25,27,35,45-49H,1-2,5-9,18-20,26H2. The van der Waals surface area contributed by atoms with Gasteiger partial charge < -0.3 is 25.5 Å². The first kappa shape index (κ1) is 33.5. The largest absolute Gasteiger partial charge is 0.508 e. The van der Waals surface area contributed by atoms with E-state index in [0.717, 1.165) is 75.8 Å². The Labute approximate surface area is 288 Å². The SMILES string of the molecule is C=Cc1cc(Cc2cc(Cc3cc(C=C)c(O)c(Cc4ccc(O)cc4)c3)c(O)c(C3CCCCC3)c2)cc(Cc2ccc(O)cc2)c1O. The lowest BCUT2D eigenvalue weighted by Gasteiger charge is -2.25. The molecule has 1 fully saturated rings. The molecule has 0 atom stereocenters. The quantitative estimate of drug-likeness (QED) is 0.0978. The minimum atomic E-state index is 0.182. The summed E-state index contributed by atoms with van der Waals surface area (Å²) in [5.41, 5.74) is 9.67. The highest BCUT2D eigenvalue weighted by Gasteiger charge is 2.22. The lowest BCUT2D eigenvalue weighted by molar-refractivity contribution is 0.411. The number of hydrogen-bond donors (Lipinski definition) is 5. The van der Waals surface area contributed by atoms with Gasteiger partial charge in [-0.05, 0) is 112 Å². The molecule has 5 aromatic rings. The Morgan fingerprint density at radius 3 is 1.35 bits per heavy atom. The molecule has 250 valence electrons. The van der Waals surface area contributed by atoms with Crippen molar-refractivity contribution in [3.05, 3.63) is 159 Å². The number of phenols is 5. The summed E-state index contributed by atoms with van der Waals surface area (Å²) in [4.78, 5) is 0. The molecule has 5 heteroatoms. The molecule has 0 spiro atoms. The molecule has 5 nitrogen and oxygen atoms in total. The fourth-order valence-electron chi connectivity index (χ4n) is 7.23. The van der Waals surface area contributed by atoms with Gasteiger partial charge in [0, 0.05) is 30.4 Å². The first-order chi connectivity index (χ1) is 23.7. The van der Waals surface area contributed by atoms with Crippen LogP contribution >= 0.6 is 0 Å². The molecular formula is C44H44O5. The average Bonchev–Trinajstić information content (AvgIpc) is 3.11. The zero-order chi connectivity index (χ0) is 34.5. The molecule has 0 radical (unpaired) electrons. The Morgan fingerprint density at radius 1 is 0.469 bits per heavy atom. The monoisotopic (exact) mass is 652 g/mol. The highest BCUT2D eigenvalue weighted by atomic mass is 16.3. The summed E-state index contributed by atoms with van der Waals surface area (Å²) in [5.74, 6) is 1.41. The van der Waals surface area contributed by atoms with Crippen LogP contribution in [0.3, 0.4) is 0 Å². The van der Waals surface area contributed by atoms with Crippen molar-refractivity contribution in [2.45, 2.75) is 63.7 Å². The van der Waals surface area contributed by atoms with Crippen molar-refractivity contribution in [1.29, 1.82) is 0 Å². The molecule has 0 amide bonds. The Kier molecular flexibility index (Phi) is 10.1. The summed E-state index contributed by atoms with van der Waals surface area (Å²) in [6.07, 6.45) is 11.0. The number of aromatic hydroxyl groups is 5. The lowest BCUT2D eigenvalue weighted by Crippen LogP contribution is -2.07. The molecule has 6 rings (SSSR count). The van der Waals surface area contributed by atoms with Crippen LogP contribution in [0.5, 0.6) is 28.7 Å². The van der Waals surface area contributed by atoms with Crippen molar-refractivity contribution in [2.24, 2.45) is 0 Å². The fraction of sp³-hybridized carbons (Fsp3) is 0.227. The third-order valence-corrected chi connectivity index (χ3v) is 9.78. The van der Waals surface area contributed by atoms with E-state index < -0.39 is 0 Å². The maximum absolute atomic E-state index is 11.8. The summed E-state index contributed by atoms with van der Waals surface area (Å²) in [6, 6.07) is 26.2. The molecule has 0 aromatic heterocycles. The van der Waals surface area contributed by atoms with E-state index in [1.165, 1.54) is 6.42 Å². The molecule has 0 bridgehead atoms. The van der Waals surface area contributed by atoms with E-state index in [2.05, 4.69) is 25.3 Å². The zero-order valence-corrected chi connectivity index (χ0v) is 27.8. The Bertz CT molecular complexity index is 1970.